The number of likely N-dealkylation sites (N-methyl/N-ethyl adjacent to an activating group) is 2. The Kier molecular flexibility index (Phi) is 5.22. The summed E-state index contributed by atoms with van der Waals surface area (Å²) in [6.07, 6.45) is 6.60. The van der Waals surface area contributed by atoms with Gasteiger partial charge in [0.2, 0.25) is 5.91 Å². The highest BCUT2D eigenvalue weighted by atomic mass is 16.2. The molecule has 2 saturated carbocycles. The van der Waals surface area contributed by atoms with Crippen molar-refractivity contribution in [1.29, 1.82) is 0 Å². The number of rotatable bonds is 7. The van der Waals surface area contributed by atoms with E-state index in [-0.39, 0.29) is 5.91 Å². The minimum Gasteiger partial charge on any atom is -0.345 e. The molecule has 0 saturated heterocycles. The van der Waals surface area contributed by atoms with Gasteiger partial charge in [-0.05, 0) is 57.0 Å². The molecule has 0 radical (unpaired) electrons. The van der Waals surface area contributed by atoms with E-state index in [0.717, 1.165) is 37.3 Å². The lowest BCUT2D eigenvalue weighted by Crippen LogP contribution is -2.39. The third-order valence-electron chi connectivity index (χ3n) is 4.96. The summed E-state index contributed by atoms with van der Waals surface area (Å²) in [6, 6.07) is 0. The number of hydrogen-bond donors (Lipinski definition) is 1. The monoisotopic (exact) mass is 267 g/mol. The lowest BCUT2D eigenvalue weighted by Gasteiger charge is -2.28. The molecule has 1 amide bonds. The van der Waals surface area contributed by atoms with Gasteiger partial charge in [-0.1, -0.05) is 6.42 Å². The first-order valence-electron chi connectivity index (χ1n) is 7.72. The maximum Gasteiger partial charge on any atom is 0.236 e. The molecule has 4 nitrogen and oxygen atoms in total. The quantitative estimate of drug-likeness (QED) is 0.753. The highest BCUT2D eigenvalue weighted by molar-refractivity contribution is 5.77. The van der Waals surface area contributed by atoms with Crippen molar-refractivity contribution in [3.05, 3.63) is 0 Å². The number of carbonyl (C=O) groups excluding carboxylic acids is 1. The van der Waals surface area contributed by atoms with Gasteiger partial charge in [0.05, 0.1) is 6.54 Å². The van der Waals surface area contributed by atoms with Crippen LogP contribution in [0, 0.1) is 17.8 Å². The van der Waals surface area contributed by atoms with E-state index in [0.29, 0.717) is 13.1 Å². The minimum atomic E-state index is 0.221. The molecule has 0 aliphatic heterocycles. The van der Waals surface area contributed by atoms with Gasteiger partial charge in [0, 0.05) is 20.1 Å². The first-order valence-corrected chi connectivity index (χ1v) is 7.72. The Balaban J connectivity index is 1.69. The zero-order valence-electron chi connectivity index (χ0n) is 12.5. The van der Waals surface area contributed by atoms with Crippen molar-refractivity contribution in [3.8, 4) is 0 Å². The number of hydrogen-bond acceptors (Lipinski definition) is 3. The molecule has 2 bridgehead atoms. The second kappa shape index (κ2) is 6.71. The number of nitrogens with two attached hydrogens (primary N) is 1. The van der Waals surface area contributed by atoms with Crippen molar-refractivity contribution in [2.45, 2.75) is 32.1 Å². The Bertz CT molecular complexity index is 308. The number of fused-ring (bicyclic) bond motifs is 2. The van der Waals surface area contributed by atoms with Gasteiger partial charge in [-0.2, -0.15) is 0 Å². The molecule has 2 fully saturated rings. The summed E-state index contributed by atoms with van der Waals surface area (Å²) in [5.41, 5.74) is 5.47. The largest absolute Gasteiger partial charge is 0.345 e. The summed E-state index contributed by atoms with van der Waals surface area (Å²) in [5, 5.41) is 0. The summed E-state index contributed by atoms with van der Waals surface area (Å²) in [6.45, 7) is 3.07. The van der Waals surface area contributed by atoms with E-state index in [2.05, 4.69) is 11.9 Å². The third-order valence-corrected chi connectivity index (χ3v) is 4.96. The molecule has 0 spiro atoms. The van der Waals surface area contributed by atoms with E-state index < -0.39 is 0 Å². The Morgan fingerprint density at radius 2 is 2.05 bits per heavy atom. The molecule has 2 aliphatic rings. The molecule has 0 aromatic rings. The Hall–Kier alpha value is -0.610. The highest BCUT2D eigenvalue weighted by Gasteiger charge is 2.39. The zero-order chi connectivity index (χ0) is 13.8. The average Bonchev–Trinajstić information content (AvgIpc) is 2.97. The van der Waals surface area contributed by atoms with Crippen LogP contribution in [0.3, 0.4) is 0 Å². The van der Waals surface area contributed by atoms with Gasteiger partial charge in [0.1, 0.15) is 0 Å². The zero-order valence-corrected chi connectivity index (χ0v) is 12.5. The third kappa shape index (κ3) is 3.93. The van der Waals surface area contributed by atoms with E-state index in [9.17, 15) is 4.79 Å². The second-order valence-corrected chi connectivity index (χ2v) is 6.59. The van der Waals surface area contributed by atoms with Crippen molar-refractivity contribution < 1.29 is 4.79 Å². The van der Waals surface area contributed by atoms with Gasteiger partial charge in [-0.25, -0.2) is 0 Å². The van der Waals surface area contributed by atoms with Gasteiger partial charge in [0.15, 0.2) is 0 Å². The van der Waals surface area contributed by atoms with Crippen molar-refractivity contribution in [2.24, 2.45) is 23.5 Å². The lowest BCUT2D eigenvalue weighted by atomic mass is 9.88. The van der Waals surface area contributed by atoms with Crippen molar-refractivity contribution in [3.63, 3.8) is 0 Å². The summed E-state index contributed by atoms with van der Waals surface area (Å²) >= 11 is 0. The van der Waals surface area contributed by atoms with E-state index in [1.165, 1.54) is 25.7 Å². The first-order chi connectivity index (χ1) is 9.10. The van der Waals surface area contributed by atoms with Crippen LogP contribution in [-0.4, -0.2) is 56.0 Å². The number of carbonyl (C=O) groups is 1. The standard InChI is InChI=1S/C15H29N3O/c1-17(11-15(19)18(2)7-3-6-16)10-14-9-12-4-5-13(14)8-12/h12-14H,3-11,16H2,1-2H3. The van der Waals surface area contributed by atoms with Crippen LogP contribution in [-0.2, 0) is 4.79 Å². The fourth-order valence-corrected chi connectivity index (χ4v) is 3.87. The van der Waals surface area contributed by atoms with E-state index >= 15 is 0 Å². The van der Waals surface area contributed by atoms with Crippen molar-refractivity contribution in [1.82, 2.24) is 9.80 Å². The second-order valence-electron chi connectivity index (χ2n) is 6.59. The van der Waals surface area contributed by atoms with Gasteiger partial charge in [-0.3, -0.25) is 9.69 Å². The van der Waals surface area contributed by atoms with Crippen LogP contribution in [0.4, 0.5) is 0 Å². The number of amides is 1. The fraction of sp³-hybridized carbons (Fsp3) is 0.933. The molecule has 3 atom stereocenters. The molecule has 0 heterocycles. The molecule has 2 N–H and O–H groups in total. The first kappa shape index (κ1) is 14.8. The minimum absolute atomic E-state index is 0.221. The average molecular weight is 267 g/mol. The van der Waals surface area contributed by atoms with Crippen LogP contribution in [0.5, 0.6) is 0 Å². The van der Waals surface area contributed by atoms with Crippen LogP contribution < -0.4 is 5.73 Å². The molecular weight excluding hydrogens is 238 g/mol. The van der Waals surface area contributed by atoms with Gasteiger partial charge in [-0.15, -0.1) is 0 Å². The van der Waals surface area contributed by atoms with Crippen LogP contribution in [0.2, 0.25) is 0 Å². The van der Waals surface area contributed by atoms with Gasteiger partial charge >= 0.3 is 0 Å². The van der Waals surface area contributed by atoms with Crippen LogP contribution in [0.15, 0.2) is 0 Å². The van der Waals surface area contributed by atoms with Gasteiger partial charge in [0.25, 0.3) is 0 Å². The topological polar surface area (TPSA) is 49.6 Å². The Morgan fingerprint density at radius 1 is 1.26 bits per heavy atom. The Morgan fingerprint density at radius 3 is 2.63 bits per heavy atom. The predicted octanol–water partition coefficient (Wildman–Crippen LogP) is 1.16. The number of nitrogens with zero attached hydrogens (tertiary/aromatic N) is 2. The van der Waals surface area contributed by atoms with Crippen LogP contribution in [0.1, 0.15) is 32.1 Å². The molecule has 19 heavy (non-hydrogen) atoms. The van der Waals surface area contributed by atoms with E-state index in [1.807, 2.05) is 11.9 Å². The van der Waals surface area contributed by atoms with E-state index in [1.54, 1.807) is 0 Å². The Labute approximate surface area is 117 Å². The lowest BCUT2D eigenvalue weighted by molar-refractivity contribution is -0.131. The molecule has 110 valence electrons. The summed E-state index contributed by atoms with van der Waals surface area (Å²) in [5.74, 6) is 2.99. The summed E-state index contributed by atoms with van der Waals surface area (Å²) in [7, 11) is 3.96. The van der Waals surface area contributed by atoms with Gasteiger partial charge < -0.3 is 10.6 Å². The van der Waals surface area contributed by atoms with Crippen molar-refractivity contribution in [2.75, 3.05) is 40.3 Å². The molecule has 2 aliphatic carbocycles. The smallest absolute Gasteiger partial charge is 0.236 e. The predicted molar refractivity (Wildman–Crippen MR) is 77.7 cm³/mol. The van der Waals surface area contributed by atoms with Crippen LogP contribution >= 0.6 is 0 Å². The summed E-state index contributed by atoms with van der Waals surface area (Å²) in [4.78, 5) is 16.1. The molecule has 2 rings (SSSR count). The maximum atomic E-state index is 12.0. The van der Waals surface area contributed by atoms with E-state index in [4.69, 9.17) is 5.73 Å². The van der Waals surface area contributed by atoms with Crippen molar-refractivity contribution >= 4 is 5.91 Å². The molecular formula is C15H29N3O. The molecule has 4 heteroatoms. The fourth-order valence-electron chi connectivity index (χ4n) is 3.87. The SMILES string of the molecule is CN(CC(=O)N(C)CCCN)CC1CC2CCC1C2. The molecule has 0 aromatic heterocycles. The molecule has 0 aromatic carbocycles. The van der Waals surface area contributed by atoms with Crippen LogP contribution in [0.25, 0.3) is 0 Å². The highest BCUT2D eigenvalue weighted by Crippen LogP contribution is 2.48. The molecule has 3 unspecified atom stereocenters. The normalized spacial score (nSPS) is 29.2. The maximum absolute atomic E-state index is 12.0. The summed E-state index contributed by atoms with van der Waals surface area (Å²) < 4.78 is 0.